The Hall–Kier alpha value is -2.88. The summed E-state index contributed by atoms with van der Waals surface area (Å²) in [6.45, 7) is 3.78. The first kappa shape index (κ1) is 17.0. The minimum Gasteiger partial charge on any atom is -0.482 e. The number of ether oxygens (including phenoxy) is 1. The minimum atomic E-state index is -0.634. The highest BCUT2D eigenvalue weighted by atomic mass is 16.5. The molecule has 1 heterocycles. The second-order valence-corrected chi connectivity index (χ2v) is 5.99. The molecule has 0 amide bonds. The third-order valence-electron chi connectivity index (χ3n) is 4.06. The smallest absolute Gasteiger partial charge is 0.336 e. The number of hydrogen-bond donors (Lipinski definition) is 0. The summed E-state index contributed by atoms with van der Waals surface area (Å²) in [4.78, 5) is 24.2. The lowest BCUT2D eigenvalue weighted by molar-refractivity contribution is 0.0818. The van der Waals surface area contributed by atoms with Crippen LogP contribution in [0.3, 0.4) is 0 Å². The van der Waals surface area contributed by atoms with Crippen molar-refractivity contribution in [2.24, 2.45) is 0 Å². The van der Waals surface area contributed by atoms with E-state index >= 15 is 0 Å². The highest BCUT2D eigenvalue weighted by Gasteiger charge is 2.17. The number of ketones is 1. The van der Waals surface area contributed by atoms with Gasteiger partial charge in [0.2, 0.25) is 5.78 Å². The molecule has 0 spiro atoms. The fraction of sp³-hybridized carbons (Fsp3) is 0.238. The number of benzene rings is 2. The molecule has 0 unspecified atom stereocenters. The molecule has 0 radical (unpaired) electrons. The van der Waals surface area contributed by atoms with Crippen LogP contribution >= 0.6 is 0 Å². The summed E-state index contributed by atoms with van der Waals surface area (Å²) in [5.74, 6) is 0.406. The van der Waals surface area contributed by atoms with Gasteiger partial charge in [0.25, 0.3) is 0 Å². The average Bonchev–Trinajstić information content (AvgIpc) is 2.61. The van der Waals surface area contributed by atoms with Gasteiger partial charge in [-0.1, -0.05) is 43.7 Å². The summed E-state index contributed by atoms with van der Waals surface area (Å²) in [6, 6.07) is 15.9. The molecule has 3 aromatic rings. The summed E-state index contributed by atoms with van der Waals surface area (Å²) in [5, 5.41) is 0.899. The zero-order chi connectivity index (χ0) is 17.8. The van der Waals surface area contributed by atoms with E-state index in [9.17, 15) is 9.59 Å². The van der Waals surface area contributed by atoms with Crippen molar-refractivity contribution in [3.05, 3.63) is 76.1 Å². The monoisotopic (exact) mass is 336 g/mol. The molecule has 3 rings (SSSR count). The highest BCUT2D eigenvalue weighted by Crippen LogP contribution is 2.24. The number of aryl methyl sites for hydroxylation is 1. The maximum Gasteiger partial charge on any atom is 0.336 e. The first-order chi connectivity index (χ1) is 12.1. The molecule has 1 aromatic heterocycles. The van der Waals surface area contributed by atoms with E-state index < -0.39 is 6.10 Å². The molecule has 25 heavy (non-hydrogen) atoms. The van der Waals surface area contributed by atoms with Crippen molar-refractivity contribution in [2.75, 3.05) is 0 Å². The summed E-state index contributed by atoms with van der Waals surface area (Å²) in [5.41, 5.74) is 1.68. The van der Waals surface area contributed by atoms with Crippen LogP contribution in [0.15, 0.2) is 63.8 Å². The van der Waals surface area contributed by atoms with Crippen LogP contribution in [-0.2, 0) is 6.42 Å². The van der Waals surface area contributed by atoms with Gasteiger partial charge in [-0.2, -0.15) is 0 Å². The standard InChI is InChI=1S/C21H20O4/c1-3-7-16-12-20(22)25-19-13-17(10-11-18(16)19)24-14(2)21(23)15-8-5-4-6-9-15/h4-6,8-14H,3,7H2,1-2H3/t14-/m1/s1. The first-order valence-electron chi connectivity index (χ1n) is 8.41. The zero-order valence-electron chi connectivity index (χ0n) is 14.3. The number of carbonyl (C=O) groups excluding carboxylic acids is 1. The number of hydrogen-bond acceptors (Lipinski definition) is 4. The first-order valence-corrected chi connectivity index (χ1v) is 8.41. The van der Waals surface area contributed by atoms with E-state index in [1.54, 1.807) is 31.2 Å². The third-order valence-corrected chi connectivity index (χ3v) is 4.06. The molecule has 0 aliphatic rings. The second kappa shape index (κ2) is 7.34. The minimum absolute atomic E-state index is 0.0955. The molecule has 0 aliphatic carbocycles. The maximum atomic E-state index is 12.4. The van der Waals surface area contributed by atoms with Crippen LogP contribution in [0.1, 0.15) is 36.2 Å². The average molecular weight is 336 g/mol. The van der Waals surface area contributed by atoms with Crippen molar-refractivity contribution >= 4 is 16.8 Å². The predicted octanol–water partition coefficient (Wildman–Crippen LogP) is 4.40. The van der Waals surface area contributed by atoms with Crippen molar-refractivity contribution in [2.45, 2.75) is 32.8 Å². The molecule has 128 valence electrons. The lowest BCUT2D eigenvalue weighted by Crippen LogP contribution is -2.23. The lowest BCUT2D eigenvalue weighted by Gasteiger charge is -2.14. The van der Waals surface area contributed by atoms with Crippen molar-refractivity contribution in [3.8, 4) is 5.75 Å². The third kappa shape index (κ3) is 3.79. The van der Waals surface area contributed by atoms with E-state index in [1.807, 2.05) is 24.3 Å². The van der Waals surface area contributed by atoms with Gasteiger partial charge < -0.3 is 9.15 Å². The van der Waals surface area contributed by atoms with Crippen LogP contribution in [0.25, 0.3) is 11.0 Å². The Morgan fingerprint density at radius 2 is 1.88 bits per heavy atom. The van der Waals surface area contributed by atoms with Gasteiger partial charge in [0.1, 0.15) is 11.3 Å². The largest absolute Gasteiger partial charge is 0.482 e. The Balaban J connectivity index is 1.87. The van der Waals surface area contributed by atoms with Crippen molar-refractivity contribution in [1.29, 1.82) is 0 Å². The second-order valence-electron chi connectivity index (χ2n) is 5.99. The topological polar surface area (TPSA) is 56.5 Å². The highest BCUT2D eigenvalue weighted by molar-refractivity contribution is 5.99. The molecule has 0 saturated carbocycles. The van der Waals surface area contributed by atoms with Crippen LogP contribution < -0.4 is 10.4 Å². The Bertz CT molecular complexity index is 941. The van der Waals surface area contributed by atoms with Crippen LogP contribution in [0, 0.1) is 0 Å². The number of Topliss-reactive ketones (excluding diaryl/α,β-unsaturated/α-hetero) is 1. The van der Waals surface area contributed by atoms with Gasteiger partial charge >= 0.3 is 5.63 Å². The molecule has 1 atom stereocenters. The fourth-order valence-corrected chi connectivity index (χ4v) is 2.85. The molecular weight excluding hydrogens is 316 g/mol. The van der Waals surface area contributed by atoms with Crippen molar-refractivity contribution in [3.63, 3.8) is 0 Å². The van der Waals surface area contributed by atoms with Gasteiger partial charge in [-0.15, -0.1) is 0 Å². The Morgan fingerprint density at radius 3 is 2.60 bits per heavy atom. The normalized spacial score (nSPS) is 12.1. The zero-order valence-corrected chi connectivity index (χ0v) is 14.3. The predicted molar refractivity (Wildman–Crippen MR) is 97.3 cm³/mol. The lowest BCUT2D eigenvalue weighted by atomic mass is 10.1. The van der Waals surface area contributed by atoms with Gasteiger partial charge in [0, 0.05) is 23.1 Å². The van der Waals surface area contributed by atoms with Gasteiger partial charge in [-0.25, -0.2) is 4.79 Å². The molecule has 0 bridgehead atoms. The van der Waals surface area contributed by atoms with Gasteiger partial charge in [-0.05, 0) is 31.0 Å². The van der Waals surface area contributed by atoms with E-state index in [4.69, 9.17) is 9.15 Å². The van der Waals surface area contributed by atoms with E-state index in [1.165, 1.54) is 6.07 Å². The van der Waals surface area contributed by atoms with Crippen molar-refractivity contribution < 1.29 is 13.9 Å². The number of carbonyl (C=O) groups is 1. The van der Waals surface area contributed by atoms with Crippen LogP contribution in [0.4, 0.5) is 0 Å². The van der Waals surface area contributed by atoms with Gasteiger partial charge in [0.15, 0.2) is 6.10 Å². The summed E-state index contributed by atoms with van der Waals surface area (Å²) < 4.78 is 11.1. The Kier molecular flexibility index (Phi) is 4.98. The van der Waals surface area contributed by atoms with E-state index in [0.717, 1.165) is 23.8 Å². The van der Waals surface area contributed by atoms with Crippen LogP contribution in [0.5, 0.6) is 5.75 Å². The van der Waals surface area contributed by atoms with E-state index in [-0.39, 0.29) is 11.4 Å². The Labute approximate surface area is 146 Å². The molecule has 0 saturated heterocycles. The van der Waals surface area contributed by atoms with Gasteiger partial charge in [-0.3, -0.25) is 4.79 Å². The molecule has 0 aliphatic heterocycles. The SMILES string of the molecule is CCCc1cc(=O)oc2cc(O[C@H](C)C(=O)c3ccccc3)ccc12. The summed E-state index contributed by atoms with van der Waals surface area (Å²) in [6.07, 6.45) is 1.12. The van der Waals surface area contributed by atoms with E-state index in [2.05, 4.69) is 6.92 Å². The molecule has 0 N–H and O–H groups in total. The number of fused-ring (bicyclic) bond motifs is 1. The molecular formula is C21H20O4. The van der Waals surface area contributed by atoms with Gasteiger partial charge in [0.05, 0.1) is 0 Å². The summed E-state index contributed by atoms with van der Waals surface area (Å²) in [7, 11) is 0. The molecule has 0 fully saturated rings. The maximum absolute atomic E-state index is 12.4. The molecule has 2 aromatic carbocycles. The molecule has 4 nitrogen and oxygen atoms in total. The fourth-order valence-electron chi connectivity index (χ4n) is 2.85. The Morgan fingerprint density at radius 1 is 1.12 bits per heavy atom. The van der Waals surface area contributed by atoms with Crippen LogP contribution in [0.2, 0.25) is 0 Å². The van der Waals surface area contributed by atoms with Crippen LogP contribution in [-0.4, -0.2) is 11.9 Å². The molecule has 4 heteroatoms. The van der Waals surface area contributed by atoms with Crippen molar-refractivity contribution in [1.82, 2.24) is 0 Å². The quantitative estimate of drug-likeness (QED) is 0.495. The van der Waals surface area contributed by atoms with E-state index in [0.29, 0.717) is 16.9 Å². The summed E-state index contributed by atoms with van der Waals surface area (Å²) >= 11 is 0. The number of rotatable bonds is 6.